The lowest BCUT2D eigenvalue weighted by atomic mass is 10.2. The Morgan fingerprint density at radius 2 is 2.25 bits per heavy atom. The first-order chi connectivity index (χ1) is 5.86. The number of nitrogens with zero attached hydrogens (tertiary/aromatic N) is 3. The molecule has 4 heteroatoms. The number of aromatic amines is 1. The second-order valence-electron chi connectivity index (χ2n) is 2.53. The largest absolute Gasteiger partial charge is 0.285 e. The number of rotatable bonds is 1. The monoisotopic (exact) mass is 160 g/mol. The maximum absolute atomic E-state index is 4.11. The van der Waals surface area contributed by atoms with Gasteiger partial charge in [0.25, 0.3) is 0 Å². The van der Waals surface area contributed by atoms with E-state index in [4.69, 9.17) is 0 Å². The molecule has 0 saturated heterocycles. The summed E-state index contributed by atoms with van der Waals surface area (Å²) in [7, 11) is 0. The second kappa shape index (κ2) is 2.73. The molecule has 0 aliphatic heterocycles. The number of aromatic nitrogens is 4. The number of H-pyrrole nitrogens is 1. The van der Waals surface area contributed by atoms with Gasteiger partial charge in [0, 0.05) is 17.5 Å². The van der Waals surface area contributed by atoms with Crippen LogP contribution in [0.25, 0.3) is 11.3 Å². The zero-order valence-electron chi connectivity index (χ0n) is 6.65. The molecule has 0 spiro atoms. The van der Waals surface area contributed by atoms with E-state index >= 15 is 0 Å². The predicted molar refractivity (Wildman–Crippen MR) is 44.4 cm³/mol. The molecular formula is C8H8N4. The number of aryl methyl sites for hydroxylation is 1. The summed E-state index contributed by atoms with van der Waals surface area (Å²) in [4.78, 5) is 8.12. The third kappa shape index (κ3) is 1.18. The molecule has 2 aromatic rings. The molecule has 0 radical (unpaired) electrons. The smallest absolute Gasteiger partial charge is 0.116 e. The first kappa shape index (κ1) is 6.97. The van der Waals surface area contributed by atoms with Crippen LogP contribution < -0.4 is 0 Å². The van der Waals surface area contributed by atoms with Crippen LogP contribution >= 0.6 is 0 Å². The van der Waals surface area contributed by atoms with Gasteiger partial charge in [0.2, 0.25) is 0 Å². The highest BCUT2D eigenvalue weighted by Crippen LogP contribution is 2.13. The molecule has 0 unspecified atom stereocenters. The molecule has 4 nitrogen and oxygen atoms in total. The number of nitrogens with one attached hydrogen (secondary N) is 1. The van der Waals surface area contributed by atoms with Gasteiger partial charge in [-0.15, -0.1) is 0 Å². The van der Waals surface area contributed by atoms with Gasteiger partial charge in [-0.25, -0.2) is 9.97 Å². The van der Waals surface area contributed by atoms with Crippen molar-refractivity contribution in [2.75, 3.05) is 0 Å². The van der Waals surface area contributed by atoms with E-state index in [-0.39, 0.29) is 0 Å². The standard InChI is InChI=1S/C8H8N4/c1-6-2-8(10-5-9-6)7-3-11-12-4-7/h2-5H,1H3,(H,11,12). The lowest BCUT2D eigenvalue weighted by molar-refractivity contribution is 1.09. The van der Waals surface area contributed by atoms with Gasteiger partial charge in [-0.3, -0.25) is 5.10 Å². The highest BCUT2D eigenvalue weighted by molar-refractivity contribution is 5.56. The second-order valence-corrected chi connectivity index (χ2v) is 2.53. The van der Waals surface area contributed by atoms with Crippen LogP contribution in [0, 0.1) is 6.92 Å². The summed E-state index contributed by atoms with van der Waals surface area (Å²) in [5, 5.41) is 6.58. The Morgan fingerprint density at radius 3 is 2.92 bits per heavy atom. The van der Waals surface area contributed by atoms with Crippen molar-refractivity contribution in [1.29, 1.82) is 0 Å². The van der Waals surface area contributed by atoms with E-state index in [9.17, 15) is 0 Å². The normalized spacial score (nSPS) is 10.1. The average Bonchev–Trinajstić information content (AvgIpc) is 2.56. The van der Waals surface area contributed by atoms with Gasteiger partial charge in [-0.05, 0) is 13.0 Å². The molecule has 0 amide bonds. The highest BCUT2D eigenvalue weighted by atomic mass is 15.1. The minimum Gasteiger partial charge on any atom is -0.285 e. The van der Waals surface area contributed by atoms with E-state index in [1.807, 2.05) is 19.2 Å². The van der Waals surface area contributed by atoms with Crippen molar-refractivity contribution in [3.05, 3.63) is 30.5 Å². The first-order valence-corrected chi connectivity index (χ1v) is 3.64. The Kier molecular flexibility index (Phi) is 1.59. The summed E-state index contributed by atoms with van der Waals surface area (Å²) in [6, 6.07) is 1.92. The van der Waals surface area contributed by atoms with E-state index < -0.39 is 0 Å². The SMILES string of the molecule is Cc1cc(-c2cn[nH]c2)ncn1. The van der Waals surface area contributed by atoms with Crippen LogP contribution in [0.5, 0.6) is 0 Å². The number of hydrogen-bond acceptors (Lipinski definition) is 3. The van der Waals surface area contributed by atoms with Gasteiger partial charge in [-0.1, -0.05) is 0 Å². The summed E-state index contributed by atoms with van der Waals surface area (Å²) in [6.45, 7) is 1.94. The van der Waals surface area contributed by atoms with Gasteiger partial charge in [0.05, 0.1) is 11.9 Å². The minimum absolute atomic E-state index is 0.899. The zero-order valence-corrected chi connectivity index (χ0v) is 6.65. The summed E-state index contributed by atoms with van der Waals surface area (Å²) in [5.74, 6) is 0. The van der Waals surface area contributed by atoms with Gasteiger partial charge >= 0.3 is 0 Å². The molecule has 2 rings (SSSR count). The summed E-state index contributed by atoms with van der Waals surface area (Å²) in [6.07, 6.45) is 5.10. The predicted octanol–water partition coefficient (Wildman–Crippen LogP) is 1.18. The molecule has 0 aliphatic carbocycles. The van der Waals surface area contributed by atoms with E-state index in [2.05, 4.69) is 20.2 Å². The van der Waals surface area contributed by atoms with Crippen molar-refractivity contribution in [3.63, 3.8) is 0 Å². The molecule has 0 atom stereocenters. The van der Waals surface area contributed by atoms with Crippen LogP contribution in [0.1, 0.15) is 5.69 Å². The lowest BCUT2D eigenvalue weighted by Gasteiger charge is -1.95. The fourth-order valence-corrected chi connectivity index (χ4v) is 1.00. The van der Waals surface area contributed by atoms with E-state index in [1.54, 1.807) is 12.5 Å². The third-order valence-corrected chi connectivity index (χ3v) is 1.60. The van der Waals surface area contributed by atoms with Crippen LogP contribution in [0.4, 0.5) is 0 Å². The van der Waals surface area contributed by atoms with Crippen molar-refractivity contribution >= 4 is 0 Å². The van der Waals surface area contributed by atoms with Crippen molar-refractivity contribution < 1.29 is 0 Å². The maximum Gasteiger partial charge on any atom is 0.116 e. The lowest BCUT2D eigenvalue weighted by Crippen LogP contribution is -1.85. The Bertz CT molecular complexity index is 366. The Hall–Kier alpha value is -1.71. The third-order valence-electron chi connectivity index (χ3n) is 1.60. The van der Waals surface area contributed by atoms with E-state index in [1.165, 1.54) is 0 Å². The van der Waals surface area contributed by atoms with Gasteiger partial charge in [0.1, 0.15) is 6.33 Å². The van der Waals surface area contributed by atoms with Crippen molar-refractivity contribution in [1.82, 2.24) is 20.2 Å². The summed E-state index contributed by atoms with van der Waals surface area (Å²) < 4.78 is 0. The molecule has 1 N–H and O–H groups in total. The molecule has 12 heavy (non-hydrogen) atoms. The fraction of sp³-hybridized carbons (Fsp3) is 0.125. The van der Waals surface area contributed by atoms with Crippen LogP contribution in [0.3, 0.4) is 0 Å². The Balaban J connectivity index is 2.48. The topological polar surface area (TPSA) is 54.5 Å². The minimum atomic E-state index is 0.899. The molecule has 2 aromatic heterocycles. The van der Waals surface area contributed by atoms with Gasteiger partial charge in [-0.2, -0.15) is 5.10 Å². The highest BCUT2D eigenvalue weighted by Gasteiger charge is 1.99. The average molecular weight is 160 g/mol. The molecule has 0 aliphatic rings. The van der Waals surface area contributed by atoms with Crippen LogP contribution in [0.2, 0.25) is 0 Å². The van der Waals surface area contributed by atoms with Gasteiger partial charge in [0.15, 0.2) is 0 Å². The fourth-order valence-electron chi connectivity index (χ4n) is 1.00. The molecule has 0 saturated carbocycles. The van der Waals surface area contributed by atoms with Gasteiger partial charge < -0.3 is 0 Å². The molecular weight excluding hydrogens is 152 g/mol. The number of hydrogen-bond donors (Lipinski definition) is 1. The Labute approximate surface area is 69.7 Å². The molecule has 0 fully saturated rings. The van der Waals surface area contributed by atoms with E-state index in [0.717, 1.165) is 17.0 Å². The van der Waals surface area contributed by atoms with Crippen molar-refractivity contribution in [3.8, 4) is 11.3 Å². The first-order valence-electron chi connectivity index (χ1n) is 3.64. The van der Waals surface area contributed by atoms with Crippen molar-refractivity contribution in [2.45, 2.75) is 6.92 Å². The quantitative estimate of drug-likeness (QED) is 0.681. The molecule has 60 valence electrons. The Morgan fingerprint density at radius 1 is 1.33 bits per heavy atom. The maximum atomic E-state index is 4.11. The van der Waals surface area contributed by atoms with Crippen LogP contribution in [-0.2, 0) is 0 Å². The molecule has 0 aromatic carbocycles. The summed E-state index contributed by atoms with van der Waals surface area (Å²) in [5.41, 5.74) is 2.85. The van der Waals surface area contributed by atoms with Crippen LogP contribution in [0.15, 0.2) is 24.8 Å². The van der Waals surface area contributed by atoms with E-state index in [0.29, 0.717) is 0 Å². The molecule has 2 heterocycles. The van der Waals surface area contributed by atoms with Crippen LogP contribution in [-0.4, -0.2) is 20.2 Å². The zero-order chi connectivity index (χ0) is 8.39. The molecule has 0 bridgehead atoms. The van der Waals surface area contributed by atoms with Crippen molar-refractivity contribution in [2.24, 2.45) is 0 Å². The summed E-state index contributed by atoms with van der Waals surface area (Å²) >= 11 is 0.